The van der Waals surface area contributed by atoms with Crippen molar-refractivity contribution in [3.63, 3.8) is 0 Å². The van der Waals surface area contributed by atoms with Crippen LogP contribution in [0.25, 0.3) is 0 Å². The Labute approximate surface area is 105 Å². The Bertz CT molecular complexity index is 540. The fourth-order valence-electron chi connectivity index (χ4n) is 1.56. The molecule has 0 fully saturated rings. The van der Waals surface area contributed by atoms with Crippen LogP contribution in [0.4, 0.5) is 11.5 Å². The average molecular weight is 242 g/mol. The van der Waals surface area contributed by atoms with Crippen molar-refractivity contribution >= 4 is 17.4 Å². The van der Waals surface area contributed by atoms with E-state index in [1.54, 1.807) is 42.9 Å². The number of nitrogens with one attached hydrogen (secondary N) is 1. The van der Waals surface area contributed by atoms with Gasteiger partial charge in [-0.25, -0.2) is 4.98 Å². The highest BCUT2D eigenvalue weighted by atomic mass is 16.1. The van der Waals surface area contributed by atoms with Crippen molar-refractivity contribution in [3.05, 3.63) is 48.4 Å². The topological polar surface area (TPSA) is 58.1 Å². The first kappa shape index (κ1) is 12.0. The normalized spacial score (nSPS) is 9.89. The molecule has 5 heteroatoms. The molecule has 2 heterocycles. The van der Waals surface area contributed by atoms with Crippen molar-refractivity contribution in [3.8, 4) is 0 Å². The quantitative estimate of drug-likeness (QED) is 0.891. The van der Waals surface area contributed by atoms with E-state index < -0.39 is 0 Å². The van der Waals surface area contributed by atoms with E-state index in [9.17, 15) is 4.79 Å². The molecule has 0 radical (unpaired) electrons. The van der Waals surface area contributed by atoms with Crippen LogP contribution < -0.4 is 10.2 Å². The molecule has 2 rings (SSSR count). The number of amides is 1. The third-order valence-corrected chi connectivity index (χ3v) is 2.39. The number of carbonyl (C=O) groups is 1. The van der Waals surface area contributed by atoms with Crippen molar-refractivity contribution in [2.24, 2.45) is 0 Å². The third kappa shape index (κ3) is 2.63. The Morgan fingerprint density at radius 1 is 1.17 bits per heavy atom. The third-order valence-electron chi connectivity index (χ3n) is 2.39. The molecule has 2 aromatic heterocycles. The molecule has 0 aliphatic rings. The van der Waals surface area contributed by atoms with Crippen molar-refractivity contribution in [2.45, 2.75) is 0 Å². The van der Waals surface area contributed by atoms with Gasteiger partial charge in [0.2, 0.25) is 0 Å². The molecule has 0 saturated heterocycles. The second kappa shape index (κ2) is 5.27. The van der Waals surface area contributed by atoms with Crippen LogP contribution in [0.3, 0.4) is 0 Å². The van der Waals surface area contributed by atoms with Gasteiger partial charge in [-0.15, -0.1) is 0 Å². The van der Waals surface area contributed by atoms with E-state index in [1.807, 2.05) is 19.0 Å². The zero-order chi connectivity index (χ0) is 13.0. The van der Waals surface area contributed by atoms with Crippen LogP contribution in [0.15, 0.2) is 42.9 Å². The molecular formula is C13H14N4O. The largest absolute Gasteiger partial charge is 0.362 e. The van der Waals surface area contributed by atoms with Gasteiger partial charge in [-0.3, -0.25) is 9.78 Å². The lowest BCUT2D eigenvalue weighted by molar-refractivity contribution is 0.102. The minimum Gasteiger partial charge on any atom is -0.362 e. The Balaban J connectivity index is 2.24. The lowest BCUT2D eigenvalue weighted by atomic mass is 10.2. The van der Waals surface area contributed by atoms with Gasteiger partial charge in [0.15, 0.2) is 0 Å². The molecule has 5 nitrogen and oxygen atoms in total. The van der Waals surface area contributed by atoms with E-state index in [-0.39, 0.29) is 5.91 Å². The Hall–Kier alpha value is -2.43. The summed E-state index contributed by atoms with van der Waals surface area (Å²) in [5, 5.41) is 2.81. The second-order valence-corrected chi connectivity index (χ2v) is 3.96. The van der Waals surface area contributed by atoms with Gasteiger partial charge in [0, 0.05) is 38.4 Å². The van der Waals surface area contributed by atoms with Crippen molar-refractivity contribution in [1.82, 2.24) is 9.97 Å². The van der Waals surface area contributed by atoms with Gasteiger partial charge in [-0.05, 0) is 24.3 Å². The summed E-state index contributed by atoms with van der Waals surface area (Å²) >= 11 is 0. The van der Waals surface area contributed by atoms with Crippen LogP contribution >= 0.6 is 0 Å². The summed E-state index contributed by atoms with van der Waals surface area (Å²) in [4.78, 5) is 22.0. The summed E-state index contributed by atoms with van der Waals surface area (Å²) in [5.41, 5.74) is 1.25. The number of hydrogen-bond acceptors (Lipinski definition) is 4. The zero-order valence-electron chi connectivity index (χ0n) is 10.3. The Kier molecular flexibility index (Phi) is 3.52. The van der Waals surface area contributed by atoms with Gasteiger partial charge in [0.1, 0.15) is 5.82 Å². The standard InChI is InChI=1S/C13H14N4O/c1-17(2)12-11(4-3-7-15-12)13(18)16-10-5-8-14-9-6-10/h3-9H,1-2H3,(H,14,16,18). The summed E-state index contributed by atoms with van der Waals surface area (Å²) in [6, 6.07) is 6.97. The SMILES string of the molecule is CN(C)c1ncccc1C(=O)Nc1ccncc1. The summed E-state index contributed by atoms with van der Waals surface area (Å²) in [6.07, 6.45) is 4.93. The highest BCUT2D eigenvalue weighted by molar-refractivity contribution is 6.07. The van der Waals surface area contributed by atoms with Gasteiger partial charge in [-0.2, -0.15) is 0 Å². The molecule has 0 bridgehead atoms. The molecule has 0 spiro atoms. The maximum Gasteiger partial charge on any atom is 0.259 e. The van der Waals surface area contributed by atoms with Crippen molar-refractivity contribution in [2.75, 3.05) is 24.3 Å². The molecule has 0 aliphatic carbocycles. The zero-order valence-corrected chi connectivity index (χ0v) is 10.3. The predicted molar refractivity (Wildman–Crippen MR) is 70.8 cm³/mol. The molecule has 92 valence electrons. The maximum atomic E-state index is 12.1. The molecule has 1 N–H and O–H groups in total. The minimum absolute atomic E-state index is 0.182. The van der Waals surface area contributed by atoms with E-state index in [2.05, 4.69) is 15.3 Å². The number of nitrogens with zero attached hydrogens (tertiary/aromatic N) is 3. The highest BCUT2D eigenvalue weighted by Crippen LogP contribution is 2.16. The van der Waals surface area contributed by atoms with Gasteiger partial charge in [0.05, 0.1) is 5.56 Å². The number of pyridine rings is 2. The summed E-state index contributed by atoms with van der Waals surface area (Å²) in [6.45, 7) is 0. The summed E-state index contributed by atoms with van der Waals surface area (Å²) < 4.78 is 0. The number of rotatable bonds is 3. The maximum absolute atomic E-state index is 12.1. The number of carbonyl (C=O) groups excluding carboxylic acids is 1. The lowest BCUT2D eigenvalue weighted by Gasteiger charge is -2.15. The molecule has 0 saturated carbocycles. The van der Waals surface area contributed by atoms with Gasteiger partial charge >= 0.3 is 0 Å². The molecule has 0 atom stereocenters. The minimum atomic E-state index is -0.182. The number of hydrogen-bond donors (Lipinski definition) is 1. The molecule has 0 unspecified atom stereocenters. The monoisotopic (exact) mass is 242 g/mol. The first-order valence-corrected chi connectivity index (χ1v) is 5.52. The number of aromatic nitrogens is 2. The molecule has 0 aliphatic heterocycles. The van der Waals surface area contributed by atoms with Crippen LogP contribution in [-0.2, 0) is 0 Å². The Morgan fingerprint density at radius 2 is 1.89 bits per heavy atom. The van der Waals surface area contributed by atoms with Gasteiger partial charge < -0.3 is 10.2 Å². The molecule has 1 amide bonds. The van der Waals surface area contributed by atoms with E-state index in [0.29, 0.717) is 17.1 Å². The van der Waals surface area contributed by atoms with Crippen LogP contribution in [0, 0.1) is 0 Å². The molecular weight excluding hydrogens is 228 g/mol. The first-order valence-electron chi connectivity index (χ1n) is 5.52. The van der Waals surface area contributed by atoms with E-state index in [0.717, 1.165) is 0 Å². The van der Waals surface area contributed by atoms with Crippen molar-refractivity contribution < 1.29 is 4.79 Å². The van der Waals surface area contributed by atoms with Crippen LogP contribution in [0.2, 0.25) is 0 Å². The average Bonchev–Trinajstić information content (AvgIpc) is 2.40. The van der Waals surface area contributed by atoms with Crippen LogP contribution in [0.5, 0.6) is 0 Å². The molecule has 2 aromatic rings. The fraction of sp³-hybridized carbons (Fsp3) is 0.154. The van der Waals surface area contributed by atoms with Crippen molar-refractivity contribution in [1.29, 1.82) is 0 Å². The number of anilines is 2. The van der Waals surface area contributed by atoms with E-state index in [4.69, 9.17) is 0 Å². The predicted octanol–water partition coefficient (Wildman–Crippen LogP) is 1.79. The summed E-state index contributed by atoms with van der Waals surface area (Å²) in [7, 11) is 3.71. The fourth-order valence-corrected chi connectivity index (χ4v) is 1.56. The van der Waals surface area contributed by atoms with Crippen LogP contribution in [-0.4, -0.2) is 30.0 Å². The second-order valence-electron chi connectivity index (χ2n) is 3.96. The first-order chi connectivity index (χ1) is 8.68. The van der Waals surface area contributed by atoms with Crippen LogP contribution in [0.1, 0.15) is 10.4 Å². The van der Waals surface area contributed by atoms with E-state index >= 15 is 0 Å². The van der Waals surface area contributed by atoms with E-state index in [1.165, 1.54) is 0 Å². The lowest BCUT2D eigenvalue weighted by Crippen LogP contribution is -2.19. The van der Waals surface area contributed by atoms with Gasteiger partial charge in [0.25, 0.3) is 5.91 Å². The summed E-state index contributed by atoms with van der Waals surface area (Å²) in [5.74, 6) is 0.460. The smallest absolute Gasteiger partial charge is 0.259 e. The van der Waals surface area contributed by atoms with Gasteiger partial charge in [-0.1, -0.05) is 0 Å². The molecule has 18 heavy (non-hydrogen) atoms. The Morgan fingerprint density at radius 3 is 2.56 bits per heavy atom. The molecule has 0 aromatic carbocycles. The highest BCUT2D eigenvalue weighted by Gasteiger charge is 2.13.